The zero-order chi connectivity index (χ0) is 16.4. The van der Waals surface area contributed by atoms with Crippen LogP contribution in [0.3, 0.4) is 0 Å². The third-order valence-corrected chi connectivity index (χ3v) is 3.38. The van der Waals surface area contributed by atoms with Gasteiger partial charge in [0.05, 0.1) is 19.3 Å². The van der Waals surface area contributed by atoms with Crippen LogP contribution in [0.4, 0.5) is 0 Å². The molecule has 0 heterocycles. The van der Waals surface area contributed by atoms with Crippen molar-refractivity contribution in [2.45, 2.75) is 39.9 Å². The minimum absolute atomic E-state index is 0.284. The first-order chi connectivity index (χ1) is 10.5. The lowest BCUT2D eigenvalue weighted by atomic mass is 9.98. The van der Waals surface area contributed by atoms with Crippen molar-refractivity contribution in [2.24, 2.45) is 5.92 Å². The van der Waals surface area contributed by atoms with E-state index in [1.54, 1.807) is 0 Å². The summed E-state index contributed by atoms with van der Waals surface area (Å²) in [4.78, 5) is 0. The maximum absolute atomic E-state index is 10.2. The quantitative estimate of drug-likeness (QED) is 0.672. The van der Waals surface area contributed by atoms with Gasteiger partial charge in [0.25, 0.3) is 0 Å². The van der Waals surface area contributed by atoms with Crippen LogP contribution in [0.25, 0.3) is 0 Å². The van der Waals surface area contributed by atoms with E-state index in [1.165, 1.54) is 5.57 Å². The third-order valence-electron chi connectivity index (χ3n) is 3.38. The van der Waals surface area contributed by atoms with Crippen LogP contribution in [0.1, 0.15) is 32.8 Å². The average Bonchev–Trinajstić information content (AvgIpc) is 2.47. The molecule has 0 aromatic heterocycles. The second-order valence-corrected chi connectivity index (χ2v) is 5.86. The third kappa shape index (κ3) is 7.39. The Hall–Kier alpha value is -1.64. The Labute approximate surface area is 134 Å². The number of aliphatic hydroxyl groups is 1. The monoisotopic (exact) mass is 300 g/mol. The average molecular weight is 300 g/mol. The highest BCUT2D eigenvalue weighted by Gasteiger charge is 2.09. The highest BCUT2D eigenvalue weighted by atomic mass is 16.5. The van der Waals surface area contributed by atoms with Gasteiger partial charge < -0.3 is 9.84 Å². The fraction of sp³-hybridized carbons (Fsp3) is 0.400. The largest absolute Gasteiger partial charge is 0.386 e. The molecule has 2 heteroatoms. The van der Waals surface area contributed by atoms with Crippen LogP contribution in [0.2, 0.25) is 0 Å². The molecular weight excluding hydrogens is 272 g/mol. The van der Waals surface area contributed by atoms with Crippen LogP contribution in [0, 0.1) is 5.92 Å². The predicted molar refractivity (Wildman–Crippen MR) is 93.6 cm³/mol. The summed E-state index contributed by atoms with van der Waals surface area (Å²) in [5.41, 5.74) is 3.33. The molecule has 0 saturated heterocycles. The number of benzene rings is 1. The Kier molecular flexibility index (Phi) is 8.49. The van der Waals surface area contributed by atoms with Crippen molar-refractivity contribution in [3.63, 3.8) is 0 Å². The molecule has 2 unspecified atom stereocenters. The van der Waals surface area contributed by atoms with E-state index in [4.69, 9.17) is 4.74 Å². The van der Waals surface area contributed by atoms with Crippen LogP contribution < -0.4 is 0 Å². The fourth-order valence-corrected chi connectivity index (χ4v) is 2.25. The van der Waals surface area contributed by atoms with Gasteiger partial charge in [0.1, 0.15) is 0 Å². The summed E-state index contributed by atoms with van der Waals surface area (Å²) in [6.45, 7) is 10.7. The normalized spacial score (nSPS) is 14.3. The lowest BCUT2D eigenvalue weighted by molar-refractivity contribution is 0.0451. The number of hydrogen-bond acceptors (Lipinski definition) is 2. The van der Waals surface area contributed by atoms with Crippen molar-refractivity contribution < 1.29 is 9.84 Å². The summed E-state index contributed by atoms with van der Waals surface area (Å²) < 4.78 is 5.60. The molecule has 1 N–H and O–H groups in total. The van der Waals surface area contributed by atoms with Crippen molar-refractivity contribution in [1.82, 2.24) is 0 Å². The lowest BCUT2D eigenvalue weighted by Crippen LogP contribution is -2.17. The van der Waals surface area contributed by atoms with Gasteiger partial charge in [-0.15, -0.1) is 6.58 Å². The molecular formula is C20H28O2. The van der Waals surface area contributed by atoms with E-state index in [0.717, 1.165) is 17.6 Å². The number of hydrogen-bond donors (Lipinski definition) is 1. The fourth-order valence-electron chi connectivity index (χ4n) is 2.25. The first-order valence-electron chi connectivity index (χ1n) is 7.77. The molecule has 0 aliphatic carbocycles. The summed E-state index contributed by atoms with van der Waals surface area (Å²) in [6, 6.07) is 9.99. The van der Waals surface area contributed by atoms with E-state index in [9.17, 15) is 5.11 Å². The van der Waals surface area contributed by atoms with E-state index in [0.29, 0.717) is 13.2 Å². The zero-order valence-electron chi connectivity index (χ0n) is 14.0. The van der Waals surface area contributed by atoms with Gasteiger partial charge in [-0.1, -0.05) is 54.1 Å². The molecule has 1 aromatic rings. The highest BCUT2D eigenvalue weighted by molar-refractivity contribution is 5.15. The van der Waals surface area contributed by atoms with Crippen LogP contribution in [-0.2, 0) is 11.3 Å². The first kappa shape index (κ1) is 18.4. The number of allylic oxidation sites excluding steroid dienone is 4. The molecule has 2 nitrogen and oxygen atoms in total. The van der Waals surface area contributed by atoms with E-state index in [1.807, 2.05) is 43.3 Å². The summed E-state index contributed by atoms with van der Waals surface area (Å²) >= 11 is 0. The van der Waals surface area contributed by atoms with Crippen molar-refractivity contribution in [1.29, 1.82) is 0 Å². The lowest BCUT2D eigenvalue weighted by Gasteiger charge is -2.15. The van der Waals surface area contributed by atoms with Crippen LogP contribution in [-0.4, -0.2) is 17.8 Å². The molecule has 0 aliphatic heterocycles. The van der Waals surface area contributed by atoms with Crippen molar-refractivity contribution >= 4 is 0 Å². The Morgan fingerprint density at radius 1 is 1.18 bits per heavy atom. The molecule has 0 bridgehead atoms. The first-order valence-corrected chi connectivity index (χ1v) is 7.77. The van der Waals surface area contributed by atoms with Crippen LogP contribution >= 0.6 is 0 Å². The standard InChI is InChI=1S/C20H28O2/c1-5-9-19(12-16(2)3)13-17(4)20(21)15-22-14-18-10-7-6-8-11-18/h5-8,10-13,19-21H,1,9,14-15H2,2-4H3/b17-13+. The Bertz CT molecular complexity index is 496. The number of aliphatic hydroxyl groups excluding tert-OH is 1. The van der Waals surface area contributed by atoms with E-state index in [-0.39, 0.29) is 5.92 Å². The number of rotatable bonds is 9. The molecule has 2 atom stereocenters. The summed E-state index contributed by atoms with van der Waals surface area (Å²) in [5, 5.41) is 10.2. The maximum Gasteiger partial charge on any atom is 0.0981 e. The topological polar surface area (TPSA) is 29.5 Å². The van der Waals surface area contributed by atoms with E-state index >= 15 is 0 Å². The van der Waals surface area contributed by atoms with Gasteiger partial charge in [-0.3, -0.25) is 0 Å². The maximum atomic E-state index is 10.2. The highest BCUT2D eigenvalue weighted by Crippen LogP contribution is 2.15. The minimum Gasteiger partial charge on any atom is -0.386 e. The number of ether oxygens (including phenoxy) is 1. The van der Waals surface area contributed by atoms with Crippen molar-refractivity contribution in [3.8, 4) is 0 Å². The molecule has 0 aliphatic rings. The molecule has 0 spiro atoms. The Morgan fingerprint density at radius 3 is 2.45 bits per heavy atom. The van der Waals surface area contributed by atoms with Gasteiger partial charge in [0.2, 0.25) is 0 Å². The second-order valence-electron chi connectivity index (χ2n) is 5.86. The molecule has 0 radical (unpaired) electrons. The van der Waals surface area contributed by atoms with Crippen LogP contribution in [0.15, 0.2) is 66.3 Å². The smallest absolute Gasteiger partial charge is 0.0981 e. The Morgan fingerprint density at radius 2 is 1.86 bits per heavy atom. The molecule has 0 fully saturated rings. The van der Waals surface area contributed by atoms with E-state index in [2.05, 4.69) is 32.6 Å². The van der Waals surface area contributed by atoms with Gasteiger partial charge in [0.15, 0.2) is 0 Å². The van der Waals surface area contributed by atoms with E-state index < -0.39 is 6.10 Å². The van der Waals surface area contributed by atoms with Gasteiger partial charge in [-0.2, -0.15) is 0 Å². The Balaban J connectivity index is 2.51. The molecule has 120 valence electrons. The van der Waals surface area contributed by atoms with Crippen molar-refractivity contribution in [2.75, 3.05) is 6.61 Å². The van der Waals surface area contributed by atoms with Crippen molar-refractivity contribution in [3.05, 3.63) is 71.8 Å². The van der Waals surface area contributed by atoms with Gasteiger partial charge >= 0.3 is 0 Å². The second kappa shape index (κ2) is 10.1. The molecule has 1 rings (SSSR count). The predicted octanol–water partition coefficient (Wildman–Crippen LogP) is 4.67. The molecule has 1 aromatic carbocycles. The van der Waals surface area contributed by atoms with Crippen LogP contribution in [0.5, 0.6) is 0 Å². The minimum atomic E-state index is -0.568. The van der Waals surface area contributed by atoms with Gasteiger partial charge in [0, 0.05) is 0 Å². The zero-order valence-corrected chi connectivity index (χ0v) is 14.0. The SMILES string of the molecule is C=CCC(C=C(C)C)/C=C(\C)C(O)COCc1ccccc1. The molecule has 22 heavy (non-hydrogen) atoms. The van der Waals surface area contributed by atoms with Gasteiger partial charge in [-0.25, -0.2) is 0 Å². The van der Waals surface area contributed by atoms with Gasteiger partial charge in [-0.05, 0) is 44.2 Å². The molecule has 0 amide bonds. The summed E-state index contributed by atoms with van der Waals surface area (Å²) in [5.74, 6) is 0.284. The summed E-state index contributed by atoms with van der Waals surface area (Å²) in [6.07, 6.45) is 6.52. The molecule has 0 saturated carbocycles. The summed E-state index contributed by atoms with van der Waals surface area (Å²) in [7, 11) is 0.